The van der Waals surface area contributed by atoms with Crippen LogP contribution in [0, 0.1) is 0 Å². The molecule has 1 N–H and O–H groups in total. The van der Waals surface area contributed by atoms with Crippen molar-refractivity contribution in [2.24, 2.45) is 0 Å². The number of carbonyl (C=O) groups excluding carboxylic acids is 2. The standard InChI is InChI=1S/C22H27N3O5/c1-4-29-21-11-15(5-8-20(21)28-3)17-12-16(30-14(2)26)6-7-18(17)25-22(27)19-13-23-9-10-24-19/h5,8-11,13,16-18H,4,6-7,12H2,1-3H3,(H,25,27). The van der Waals surface area contributed by atoms with Crippen LogP contribution in [0.4, 0.5) is 0 Å². The van der Waals surface area contributed by atoms with E-state index in [4.69, 9.17) is 14.2 Å². The molecule has 3 unspecified atom stereocenters. The Labute approximate surface area is 176 Å². The lowest BCUT2D eigenvalue weighted by Gasteiger charge is -2.36. The van der Waals surface area contributed by atoms with Crippen LogP contribution in [0.5, 0.6) is 11.5 Å². The molecule has 3 rings (SSSR count). The lowest BCUT2D eigenvalue weighted by molar-refractivity contribution is -0.148. The molecule has 8 nitrogen and oxygen atoms in total. The summed E-state index contributed by atoms with van der Waals surface area (Å²) in [6.45, 7) is 3.83. The molecule has 8 heteroatoms. The van der Waals surface area contributed by atoms with Gasteiger partial charge in [0, 0.05) is 31.3 Å². The highest BCUT2D eigenvalue weighted by Gasteiger charge is 2.35. The molecule has 160 valence electrons. The molecule has 0 bridgehead atoms. The van der Waals surface area contributed by atoms with E-state index in [1.165, 1.54) is 25.5 Å². The number of aromatic nitrogens is 2. The number of carbonyl (C=O) groups is 2. The quantitative estimate of drug-likeness (QED) is 0.697. The van der Waals surface area contributed by atoms with E-state index in [0.29, 0.717) is 37.4 Å². The fourth-order valence-electron chi connectivity index (χ4n) is 3.87. The highest BCUT2D eigenvalue weighted by Crippen LogP contribution is 2.38. The molecule has 1 amide bonds. The zero-order valence-electron chi connectivity index (χ0n) is 17.5. The van der Waals surface area contributed by atoms with Gasteiger partial charge in [0.15, 0.2) is 11.5 Å². The minimum Gasteiger partial charge on any atom is -0.493 e. The van der Waals surface area contributed by atoms with E-state index >= 15 is 0 Å². The number of methoxy groups -OCH3 is 1. The molecule has 3 atom stereocenters. The van der Waals surface area contributed by atoms with E-state index in [1.807, 2.05) is 25.1 Å². The third-order valence-electron chi connectivity index (χ3n) is 5.16. The maximum Gasteiger partial charge on any atom is 0.302 e. The minimum atomic E-state index is -0.300. The van der Waals surface area contributed by atoms with Gasteiger partial charge in [0.1, 0.15) is 11.8 Å². The van der Waals surface area contributed by atoms with Gasteiger partial charge in [-0.05, 0) is 43.9 Å². The van der Waals surface area contributed by atoms with Crippen LogP contribution in [0.1, 0.15) is 55.1 Å². The summed E-state index contributed by atoms with van der Waals surface area (Å²) in [7, 11) is 1.60. The molecule has 1 fully saturated rings. The van der Waals surface area contributed by atoms with Crippen molar-refractivity contribution in [3.63, 3.8) is 0 Å². The number of nitrogens with one attached hydrogen (secondary N) is 1. The average molecular weight is 413 g/mol. The normalized spacial score (nSPS) is 20.8. The highest BCUT2D eigenvalue weighted by molar-refractivity contribution is 5.92. The Morgan fingerprint density at radius 1 is 1.20 bits per heavy atom. The van der Waals surface area contributed by atoms with Crippen LogP contribution in [0.2, 0.25) is 0 Å². The third kappa shape index (κ3) is 5.25. The summed E-state index contributed by atoms with van der Waals surface area (Å²) in [5, 5.41) is 3.08. The Morgan fingerprint density at radius 2 is 2.03 bits per heavy atom. The molecule has 1 aliphatic carbocycles. The average Bonchev–Trinajstić information content (AvgIpc) is 2.75. The van der Waals surface area contributed by atoms with Gasteiger partial charge in [0.25, 0.3) is 5.91 Å². The van der Waals surface area contributed by atoms with Crippen molar-refractivity contribution in [1.82, 2.24) is 15.3 Å². The van der Waals surface area contributed by atoms with E-state index in [2.05, 4.69) is 15.3 Å². The lowest BCUT2D eigenvalue weighted by atomic mass is 9.78. The van der Waals surface area contributed by atoms with Crippen LogP contribution in [0.3, 0.4) is 0 Å². The second-order valence-electron chi connectivity index (χ2n) is 7.16. The van der Waals surface area contributed by atoms with Gasteiger partial charge >= 0.3 is 5.97 Å². The van der Waals surface area contributed by atoms with Crippen LogP contribution >= 0.6 is 0 Å². The van der Waals surface area contributed by atoms with E-state index in [9.17, 15) is 9.59 Å². The van der Waals surface area contributed by atoms with Gasteiger partial charge < -0.3 is 19.5 Å². The number of amides is 1. The zero-order chi connectivity index (χ0) is 21.5. The Morgan fingerprint density at radius 3 is 2.70 bits per heavy atom. The van der Waals surface area contributed by atoms with Crippen LogP contribution in [-0.4, -0.2) is 47.7 Å². The molecule has 0 radical (unpaired) electrons. The summed E-state index contributed by atoms with van der Waals surface area (Å²) < 4.78 is 16.6. The Kier molecular flexibility index (Phi) is 7.21. The number of rotatable bonds is 7. The van der Waals surface area contributed by atoms with Crippen LogP contribution in [0.15, 0.2) is 36.8 Å². The maximum absolute atomic E-state index is 12.7. The van der Waals surface area contributed by atoms with Gasteiger partial charge in [0.05, 0.1) is 19.9 Å². The molecule has 1 aromatic heterocycles. The molecule has 0 spiro atoms. The molecular formula is C22H27N3O5. The van der Waals surface area contributed by atoms with E-state index < -0.39 is 0 Å². The fraction of sp³-hybridized carbons (Fsp3) is 0.455. The number of esters is 1. The molecule has 1 aliphatic rings. The largest absolute Gasteiger partial charge is 0.493 e. The zero-order valence-corrected chi connectivity index (χ0v) is 17.5. The smallest absolute Gasteiger partial charge is 0.302 e. The number of ether oxygens (including phenoxy) is 3. The number of hydrogen-bond acceptors (Lipinski definition) is 7. The molecule has 1 aromatic carbocycles. The Balaban J connectivity index is 1.87. The van der Waals surface area contributed by atoms with Gasteiger partial charge in [0.2, 0.25) is 0 Å². The van der Waals surface area contributed by atoms with Gasteiger partial charge in [-0.15, -0.1) is 0 Å². The molecule has 30 heavy (non-hydrogen) atoms. The molecule has 2 aromatic rings. The minimum absolute atomic E-state index is 0.0613. The summed E-state index contributed by atoms with van der Waals surface area (Å²) in [5.74, 6) is 0.654. The predicted molar refractivity (Wildman–Crippen MR) is 110 cm³/mol. The van der Waals surface area contributed by atoms with Crippen molar-refractivity contribution < 1.29 is 23.8 Å². The summed E-state index contributed by atoms with van der Waals surface area (Å²) in [6, 6.07) is 5.61. The van der Waals surface area contributed by atoms with Crippen LogP contribution < -0.4 is 14.8 Å². The van der Waals surface area contributed by atoms with E-state index in [1.54, 1.807) is 7.11 Å². The summed E-state index contributed by atoms with van der Waals surface area (Å²) in [6.07, 6.45) is 6.20. The van der Waals surface area contributed by atoms with E-state index in [0.717, 1.165) is 5.56 Å². The third-order valence-corrected chi connectivity index (χ3v) is 5.16. The Hall–Kier alpha value is -3.16. The second-order valence-corrected chi connectivity index (χ2v) is 7.16. The topological polar surface area (TPSA) is 99.6 Å². The van der Waals surface area contributed by atoms with E-state index in [-0.39, 0.29) is 35.6 Å². The molecular weight excluding hydrogens is 386 g/mol. The number of benzene rings is 1. The van der Waals surface area contributed by atoms with Crippen molar-refractivity contribution in [3.05, 3.63) is 48.0 Å². The summed E-state index contributed by atoms with van der Waals surface area (Å²) in [4.78, 5) is 32.2. The van der Waals surface area contributed by atoms with Crippen molar-refractivity contribution in [2.75, 3.05) is 13.7 Å². The van der Waals surface area contributed by atoms with Gasteiger partial charge in [-0.25, -0.2) is 4.98 Å². The number of nitrogens with zero attached hydrogens (tertiary/aromatic N) is 2. The number of hydrogen-bond donors (Lipinski definition) is 1. The first-order valence-electron chi connectivity index (χ1n) is 10.1. The van der Waals surface area contributed by atoms with Crippen molar-refractivity contribution in [1.29, 1.82) is 0 Å². The van der Waals surface area contributed by atoms with Gasteiger partial charge in [-0.2, -0.15) is 0 Å². The maximum atomic E-state index is 12.7. The molecule has 1 saturated carbocycles. The Bertz CT molecular complexity index is 874. The molecule has 0 aliphatic heterocycles. The summed E-state index contributed by atoms with van der Waals surface area (Å²) in [5.41, 5.74) is 1.25. The SMILES string of the molecule is CCOc1cc(C2CC(OC(C)=O)CCC2NC(=O)c2cnccn2)ccc1OC. The van der Waals surface area contributed by atoms with Crippen molar-refractivity contribution in [2.45, 2.75) is 51.2 Å². The first-order chi connectivity index (χ1) is 14.5. The monoisotopic (exact) mass is 413 g/mol. The fourth-order valence-corrected chi connectivity index (χ4v) is 3.87. The first kappa shape index (κ1) is 21.5. The molecule has 0 saturated heterocycles. The summed E-state index contributed by atoms with van der Waals surface area (Å²) >= 11 is 0. The van der Waals surface area contributed by atoms with Gasteiger partial charge in [-0.1, -0.05) is 6.07 Å². The predicted octanol–water partition coefficient (Wildman–Crippen LogP) is 2.88. The lowest BCUT2D eigenvalue weighted by Crippen LogP contribution is -2.44. The van der Waals surface area contributed by atoms with Crippen molar-refractivity contribution in [3.8, 4) is 11.5 Å². The molecule has 1 heterocycles. The van der Waals surface area contributed by atoms with Crippen molar-refractivity contribution >= 4 is 11.9 Å². The van der Waals surface area contributed by atoms with Gasteiger partial charge in [-0.3, -0.25) is 14.6 Å². The highest BCUT2D eigenvalue weighted by atomic mass is 16.5. The van der Waals surface area contributed by atoms with Crippen LogP contribution in [-0.2, 0) is 9.53 Å². The second kappa shape index (κ2) is 10.0. The first-order valence-corrected chi connectivity index (χ1v) is 10.1. The van der Waals surface area contributed by atoms with Crippen LogP contribution in [0.25, 0.3) is 0 Å².